The van der Waals surface area contributed by atoms with Crippen molar-refractivity contribution in [3.05, 3.63) is 58.0 Å². The average molecular weight is 305 g/mol. The third-order valence-electron chi connectivity index (χ3n) is 3.57. The van der Waals surface area contributed by atoms with Gasteiger partial charge in [0.25, 0.3) is 0 Å². The zero-order valence-electron chi connectivity index (χ0n) is 12.4. The van der Waals surface area contributed by atoms with Crippen molar-refractivity contribution in [2.75, 3.05) is 13.6 Å². The van der Waals surface area contributed by atoms with Crippen LogP contribution in [0.25, 0.3) is 0 Å². The van der Waals surface area contributed by atoms with Crippen molar-refractivity contribution in [2.45, 2.75) is 25.8 Å². The monoisotopic (exact) mass is 305 g/mol. The molecule has 21 heavy (non-hydrogen) atoms. The van der Waals surface area contributed by atoms with Crippen LogP contribution >= 0.6 is 11.3 Å². The van der Waals surface area contributed by atoms with Crippen molar-refractivity contribution < 1.29 is 9.18 Å². The number of ketones is 1. The van der Waals surface area contributed by atoms with Gasteiger partial charge in [0.15, 0.2) is 5.78 Å². The Hall–Kier alpha value is -1.52. The lowest BCUT2D eigenvalue weighted by molar-refractivity contribution is -0.119. The van der Waals surface area contributed by atoms with Crippen LogP contribution in [-0.4, -0.2) is 30.3 Å². The van der Waals surface area contributed by atoms with Gasteiger partial charge < -0.3 is 0 Å². The minimum absolute atomic E-state index is 0.155. The van der Waals surface area contributed by atoms with Crippen molar-refractivity contribution in [1.82, 2.24) is 4.90 Å². The molecule has 2 rings (SSSR count). The minimum Gasteiger partial charge on any atom is -0.298 e. The van der Waals surface area contributed by atoms with Gasteiger partial charge in [0.1, 0.15) is 5.82 Å². The summed E-state index contributed by atoms with van der Waals surface area (Å²) in [5, 5.41) is 2.07. The number of Topliss-reactive ketones (excluding diaryl/α,β-unsaturated/α-hetero) is 1. The van der Waals surface area contributed by atoms with E-state index in [9.17, 15) is 9.18 Å². The Kier molecular flexibility index (Phi) is 5.65. The summed E-state index contributed by atoms with van der Waals surface area (Å²) in [6, 6.07) is 10.6. The number of hydrogen-bond donors (Lipinski definition) is 0. The minimum atomic E-state index is -0.270. The van der Waals surface area contributed by atoms with Crippen LogP contribution < -0.4 is 0 Å². The maximum absolute atomic E-state index is 12.8. The number of likely N-dealkylation sites (N-methyl/N-ethyl adjacent to an activating group) is 1. The second-order valence-electron chi connectivity index (χ2n) is 5.39. The maximum Gasteiger partial charge on any atom is 0.151 e. The van der Waals surface area contributed by atoms with E-state index in [0.29, 0.717) is 19.0 Å². The highest BCUT2D eigenvalue weighted by Gasteiger charge is 2.14. The average Bonchev–Trinajstić information content (AvgIpc) is 2.94. The van der Waals surface area contributed by atoms with E-state index in [0.717, 1.165) is 12.0 Å². The number of halogens is 1. The van der Waals surface area contributed by atoms with Crippen LogP contribution in [-0.2, 0) is 17.6 Å². The number of carbonyl (C=O) groups excluding carboxylic acids is 1. The molecular formula is C17H20FNOS. The van der Waals surface area contributed by atoms with E-state index < -0.39 is 0 Å². The molecule has 2 aromatic rings. The summed E-state index contributed by atoms with van der Waals surface area (Å²) in [5.41, 5.74) is 0.862. The number of thiophene rings is 1. The van der Waals surface area contributed by atoms with Crippen LogP contribution in [0.3, 0.4) is 0 Å². The second kappa shape index (κ2) is 7.48. The molecule has 112 valence electrons. The quantitative estimate of drug-likeness (QED) is 0.779. The first-order valence-electron chi connectivity index (χ1n) is 7.03. The molecule has 0 aliphatic rings. The summed E-state index contributed by atoms with van der Waals surface area (Å²) in [4.78, 5) is 15.5. The summed E-state index contributed by atoms with van der Waals surface area (Å²) < 4.78 is 12.8. The van der Waals surface area contributed by atoms with Crippen LogP contribution in [0.2, 0.25) is 0 Å². The van der Waals surface area contributed by atoms with Crippen LogP contribution in [0.4, 0.5) is 4.39 Å². The van der Waals surface area contributed by atoms with Gasteiger partial charge in [-0.3, -0.25) is 9.69 Å². The van der Waals surface area contributed by atoms with Crippen molar-refractivity contribution in [1.29, 1.82) is 0 Å². The Bertz CT molecular complexity index is 565. The van der Waals surface area contributed by atoms with Gasteiger partial charge in [-0.15, -0.1) is 11.3 Å². The number of nitrogens with zero attached hydrogens (tertiary/aromatic N) is 1. The molecule has 4 heteroatoms. The second-order valence-corrected chi connectivity index (χ2v) is 6.42. The number of benzene rings is 1. The summed E-state index contributed by atoms with van der Waals surface area (Å²) in [6.07, 6.45) is 1.31. The number of carbonyl (C=O) groups is 1. The standard InChI is InChI=1S/C17H20FNOS/c1-13(10-17-4-3-9-21-17)19(2)12-16(20)11-14-5-7-15(18)8-6-14/h3-9,13H,10-12H2,1-2H3. The Labute approximate surface area is 129 Å². The van der Waals surface area contributed by atoms with Crippen molar-refractivity contribution in [3.63, 3.8) is 0 Å². The number of rotatable bonds is 7. The first-order chi connectivity index (χ1) is 10.0. The molecule has 0 spiro atoms. The van der Waals surface area contributed by atoms with Crippen molar-refractivity contribution in [3.8, 4) is 0 Å². The highest BCUT2D eigenvalue weighted by molar-refractivity contribution is 7.09. The predicted octanol–water partition coefficient (Wildman–Crippen LogP) is 3.56. The number of hydrogen-bond acceptors (Lipinski definition) is 3. The van der Waals surface area contributed by atoms with Crippen LogP contribution in [0.1, 0.15) is 17.4 Å². The third kappa shape index (κ3) is 5.06. The van der Waals surface area contributed by atoms with Gasteiger partial charge >= 0.3 is 0 Å². The fraction of sp³-hybridized carbons (Fsp3) is 0.353. The van der Waals surface area contributed by atoms with Crippen molar-refractivity contribution >= 4 is 17.1 Å². The van der Waals surface area contributed by atoms with E-state index >= 15 is 0 Å². The van der Waals surface area contributed by atoms with Crippen LogP contribution in [0.5, 0.6) is 0 Å². The molecule has 0 fully saturated rings. The first-order valence-corrected chi connectivity index (χ1v) is 7.91. The Morgan fingerprint density at radius 1 is 1.29 bits per heavy atom. The highest BCUT2D eigenvalue weighted by atomic mass is 32.1. The van der Waals surface area contributed by atoms with Gasteiger partial charge in [-0.25, -0.2) is 4.39 Å². The fourth-order valence-electron chi connectivity index (χ4n) is 2.20. The summed E-state index contributed by atoms with van der Waals surface area (Å²) in [6.45, 7) is 2.55. The highest BCUT2D eigenvalue weighted by Crippen LogP contribution is 2.13. The van der Waals surface area contributed by atoms with E-state index in [1.807, 2.05) is 13.1 Å². The molecule has 2 nitrogen and oxygen atoms in total. The third-order valence-corrected chi connectivity index (χ3v) is 4.47. The van der Waals surface area contributed by atoms with Gasteiger partial charge in [0.2, 0.25) is 0 Å². The largest absolute Gasteiger partial charge is 0.298 e. The lowest BCUT2D eigenvalue weighted by Crippen LogP contribution is -2.35. The molecule has 0 radical (unpaired) electrons. The predicted molar refractivity (Wildman–Crippen MR) is 85.2 cm³/mol. The van der Waals surface area contributed by atoms with E-state index in [4.69, 9.17) is 0 Å². The van der Waals surface area contributed by atoms with E-state index in [1.54, 1.807) is 23.5 Å². The topological polar surface area (TPSA) is 20.3 Å². The molecule has 0 amide bonds. The smallest absolute Gasteiger partial charge is 0.151 e. The lowest BCUT2D eigenvalue weighted by Gasteiger charge is -2.23. The summed E-state index contributed by atoms with van der Waals surface area (Å²) in [7, 11) is 1.97. The molecule has 0 N–H and O–H groups in total. The SMILES string of the molecule is CC(Cc1cccs1)N(C)CC(=O)Cc1ccc(F)cc1. The molecular weight excluding hydrogens is 285 g/mol. The van der Waals surface area contributed by atoms with E-state index in [-0.39, 0.29) is 11.6 Å². The summed E-state index contributed by atoms with van der Waals surface area (Å²) >= 11 is 1.74. The van der Waals surface area contributed by atoms with Crippen molar-refractivity contribution in [2.24, 2.45) is 0 Å². The zero-order valence-corrected chi connectivity index (χ0v) is 13.2. The molecule has 0 saturated heterocycles. The van der Waals surface area contributed by atoms with Gasteiger partial charge in [-0.05, 0) is 49.5 Å². The van der Waals surface area contributed by atoms with E-state index in [1.165, 1.54) is 17.0 Å². The molecule has 1 atom stereocenters. The van der Waals surface area contributed by atoms with Gasteiger partial charge in [0, 0.05) is 17.3 Å². The molecule has 1 heterocycles. The van der Waals surface area contributed by atoms with Gasteiger partial charge in [0.05, 0.1) is 6.54 Å². The molecule has 1 unspecified atom stereocenters. The van der Waals surface area contributed by atoms with E-state index in [2.05, 4.69) is 23.3 Å². The Morgan fingerprint density at radius 3 is 2.62 bits per heavy atom. The van der Waals surface area contributed by atoms with Gasteiger partial charge in [-0.2, -0.15) is 0 Å². The van der Waals surface area contributed by atoms with Crippen LogP contribution in [0, 0.1) is 5.82 Å². The van der Waals surface area contributed by atoms with Crippen LogP contribution in [0.15, 0.2) is 41.8 Å². The molecule has 1 aromatic heterocycles. The zero-order chi connectivity index (χ0) is 15.2. The van der Waals surface area contributed by atoms with Gasteiger partial charge in [-0.1, -0.05) is 18.2 Å². The Balaban J connectivity index is 1.82. The lowest BCUT2D eigenvalue weighted by atomic mass is 10.1. The first kappa shape index (κ1) is 15.9. The summed E-state index contributed by atoms with van der Waals surface area (Å²) in [5.74, 6) is -0.116. The fourth-order valence-corrected chi connectivity index (χ4v) is 3.02. The molecule has 0 bridgehead atoms. The molecule has 0 aliphatic heterocycles. The molecule has 1 aromatic carbocycles. The Morgan fingerprint density at radius 2 is 2.00 bits per heavy atom. The maximum atomic E-state index is 12.8. The molecule has 0 aliphatic carbocycles. The molecule has 0 saturated carbocycles. The normalized spacial score (nSPS) is 12.6.